The van der Waals surface area contributed by atoms with Crippen molar-refractivity contribution in [2.45, 2.75) is 13.5 Å². The van der Waals surface area contributed by atoms with Gasteiger partial charge in [-0.05, 0) is 12.6 Å². The first-order valence-corrected chi connectivity index (χ1v) is 8.27. The van der Waals surface area contributed by atoms with E-state index >= 15 is 0 Å². The Bertz CT molecular complexity index is 367. The molecule has 1 aromatic carbocycles. The van der Waals surface area contributed by atoms with E-state index in [1.807, 2.05) is 17.8 Å². The van der Waals surface area contributed by atoms with Crippen LogP contribution < -0.4 is 10.1 Å². The van der Waals surface area contributed by atoms with Crippen LogP contribution in [0.3, 0.4) is 0 Å². The van der Waals surface area contributed by atoms with Crippen LogP contribution in [0.25, 0.3) is 0 Å². The second kappa shape index (κ2) is 8.46. The Kier molecular flexibility index (Phi) is 6.54. The SMILES string of the molecule is CCNCc1ccccc1OCCN1CCSCC1. The molecule has 0 radical (unpaired) electrons. The predicted molar refractivity (Wildman–Crippen MR) is 83.1 cm³/mol. The van der Waals surface area contributed by atoms with Crippen LogP contribution in [-0.4, -0.2) is 49.2 Å². The van der Waals surface area contributed by atoms with Gasteiger partial charge in [0.1, 0.15) is 12.4 Å². The zero-order chi connectivity index (χ0) is 13.3. The van der Waals surface area contributed by atoms with Crippen molar-refractivity contribution in [3.63, 3.8) is 0 Å². The Morgan fingerprint density at radius 1 is 1.26 bits per heavy atom. The number of hydrogen-bond acceptors (Lipinski definition) is 4. The van der Waals surface area contributed by atoms with Crippen LogP contribution >= 0.6 is 11.8 Å². The van der Waals surface area contributed by atoms with Crippen LogP contribution in [0.2, 0.25) is 0 Å². The van der Waals surface area contributed by atoms with Gasteiger partial charge in [-0.3, -0.25) is 4.90 Å². The summed E-state index contributed by atoms with van der Waals surface area (Å²) in [5.74, 6) is 3.54. The highest BCUT2D eigenvalue weighted by Gasteiger charge is 2.10. The Morgan fingerprint density at radius 2 is 2.05 bits per heavy atom. The summed E-state index contributed by atoms with van der Waals surface area (Å²) in [4.78, 5) is 2.49. The van der Waals surface area contributed by atoms with Crippen LogP contribution in [0.5, 0.6) is 5.75 Å². The minimum absolute atomic E-state index is 0.786. The number of benzene rings is 1. The van der Waals surface area contributed by atoms with E-state index in [0.717, 1.165) is 32.0 Å². The first kappa shape index (κ1) is 14.7. The first-order chi connectivity index (χ1) is 9.40. The maximum atomic E-state index is 5.95. The van der Waals surface area contributed by atoms with Gasteiger partial charge in [-0.1, -0.05) is 25.1 Å². The Labute approximate surface area is 120 Å². The van der Waals surface area contributed by atoms with Crippen molar-refractivity contribution in [1.29, 1.82) is 0 Å². The van der Waals surface area contributed by atoms with Gasteiger partial charge in [0.15, 0.2) is 0 Å². The highest BCUT2D eigenvalue weighted by atomic mass is 32.2. The standard InChI is InChI=1S/C15H24N2OS/c1-2-16-13-14-5-3-4-6-15(14)18-10-7-17-8-11-19-12-9-17/h3-6,16H,2,7-13H2,1H3. The van der Waals surface area contributed by atoms with Crippen molar-refractivity contribution in [2.75, 3.05) is 44.3 Å². The summed E-state index contributed by atoms with van der Waals surface area (Å²) in [5, 5.41) is 3.35. The van der Waals surface area contributed by atoms with E-state index in [2.05, 4.69) is 35.3 Å². The van der Waals surface area contributed by atoms with Crippen LogP contribution in [0.1, 0.15) is 12.5 Å². The maximum absolute atomic E-state index is 5.95. The molecule has 1 saturated heterocycles. The summed E-state index contributed by atoms with van der Waals surface area (Å²) < 4.78 is 5.95. The Hall–Kier alpha value is -0.710. The van der Waals surface area contributed by atoms with E-state index in [0.29, 0.717) is 0 Å². The average Bonchev–Trinajstić information content (AvgIpc) is 2.47. The van der Waals surface area contributed by atoms with Gasteiger partial charge in [0.05, 0.1) is 0 Å². The number of nitrogens with zero attached hydrogens (tertiary/aromatic N) is 1. The van der Waals surface area contributed by atoms with E-state index in [4.69, 9.17) is 4.74 Å². The van der Waals surface area contributed by atoms with Gasteiger partial charge in [0, 0.05) is 43.2 Å². The lowest BCUT2D eigenvalue weighted by atomic mass is 10.2. The maximum Gasteiger partial charge on any atom is 0.123 e. The van der Waals surface area contributed by atoms with E-state index in [1.165, 1.54) is 30.2 Å². The lowest BCUT2D eigenvalue weighted by molar-refractivity contribution is 0.221. The third-order valence-corrected chi connectivity index (χ3v) is 4.25. The van der Waals surface area contributed by atoms with E-state index < -0.39 is 0 Å². The molecule has 2 rings (SSSR count). The molecule has 0 unspecified atom stereocenters. The molecule has 3 nitrogen and oxygen atoms in total. The molecule has 0 spiro atoms. The molecule has 0 aliphatic carbocycles. The third kappa shape index (κ3) is 5.05. The average molecular weight is 280 g/mol. The molecule has 1 heterocycles. The minimum Gasteiger partial charge on any atom is -0.492 e. The van der Waals surface area contributed by atoms with Crippen LogP contribution in [0.15, 0.2) is 24.3 Å². The molecule has 19 heavy (non-hydrogen) atoms. The number of rotatable bonds is 7. The molecule has 106 valence electrons. The largest absolute Gasteiger partial charge is 0.492 e. The summed E-state index contributed by atoms with van der Waals surface area (Å²) in [5.41, 5.74) is 1.25. The van der Waals surface area contributed by atoms with Gasteiger partial charge in [-0.25, -0.2) is 0 Å². The number of nitrogens with one attached hydrogen (secondary N) is 1. The first-order valence-electron chi connectivity index (χ1n) is 7.11. The minimum atomic E-state index is 0.786. The molecule has 0 saturated carbocycles. The van der Waals surface area contributed by atoms with E-state index in [1.54, 1.807) is 0 Å². The van der Waals surface area contributed by atoms with Crippen molar-refractivity contribution >= 4 is 11.8 Å². The molecule has 1 aliphatic rings. The van der Waals surface area contributed by atoms with E-state index in [9.17, 15) is 0 Å². The molecule has 0 aromatic heterocycles. The van der Waals surface area contributed by atoms with Gasteiger partial charge in [-0.2, -0.15) is 11.8 Å². The van der Waals surface area contributed by atoms with Gasteiger partial charge in [-0.15, -0.1) is 0 Å². The second-order valence-corrected chi connectivity index (χ2v) is 5.92. The molecule has 1 N–H and O–H groups in total. The van der Waals surface area contributed by atoms with Crippen molar-refractivity contribution in [2.24, 2.45) is 0 Å². The summed E-state index contributed by atoms with van der Waals surface area (Å²) in [6.07, 6.45) is 0. The number of hydrogen-bond donors (Lipinski definition) is 1. The third-order valence-electron chi connectivity index (χ3n) is 3.31. The lowest BCUT2D eigenvalue weighted by Crippen LogP contribution is -2.35. The molecule has 1 fully saturated rings. The molecular weight excluding hydrogens is 256 g/mol. The number of para-hydroxylation sites is 1. The fraction of sp³-hybridized carbons (Fsp3) is 0.600. The fourth-order valence-corrected chi connectivity index (χ4v) is 3.14. The van der Waals surface area contributed by atoms with Gasteiger partial charge >= 0.3 is 0 Å². The van der Waals surface area contributed by atoms with Crippen LogP contribution in [0, 0.1) is 0 Å². The molecular formula is C15H24N2OS. The van der Waals surface area contributed by atoms with Crippen molar-refractivity contribution in [3.8, 4) is 5.75 Å². The Balaban J connectivity index is 1.77. The summed E-state index contributed by atoms with van der Waals surface area (Å²) in [6, 6.07) is 8.32. The predicted octanol–water partition coefficient (Wildman–Crippen LogP) is 2.22. The lowest BCUT2D eigenvalue weighted by Gasteiger charge is -2.26. The molecule has 0 bridgehead atoms. The smallest absolute Gasteiger partial charge is 0.123 e. The van der Waals surface area contributed by atoms with Crippen LogP contribution in [-0.2, 0) is 6.54 Å². The van der Waals surface area contributed by atoms with E-state index in [-0.39, 0.29) is 0 Å². The zero-order valence-corrected chi connectivity index (χ0v) is 12.5. The van der Waals surface area contributed by atoms with Crippen LogP contribution in [0.4, 0.5) is 0 Å². The van der Waals surface area contributed by atoms with Crippen molar-refractivity contribution < 1.29 is 4.74 Å². The summed E-state index contributed by atoms with van der Waals surface area (Å²) >= 11 is 2.05. The molecule has 4 heteroatoms. The van der Waals surface area contributed by atoms with Crippen molar-refractivity contribution in [1.82, 2.24) is 10.2 Å². The quantitative estimate of drug-likeness (QED) is 0.828. The summed E-state index contributed by atoms with van der Waals surface area (Å²) in [7, 11) is 0. The highest BCUT2D eigenvalue weighted by Crippen LogP contribution is 2.17. The normalized spacial score (nSPS) is 16.5. The summed E-state index contributed by atoms with van der Waals surface area (Å²) in [6.45, 7) is 8.22. The second-order valence-electron chi connectivity index (χ2n) is 4.69. The molecule has 1 aromatic rings. The molecule has 1 aliphatic heterocycles. The topological polar surface area (TPSA) is 24.5 Å². The monoisotopic (exact) mass is 280 g/mol. The molecule has 0 atom stereocenters. The van der Waals surface area contributed by atoms with Gasteiger partial charge in [0.25, 0.3) is 0 Å². The Morgan fingerprint density at radius 3 is 2.84 bits per heavy atom. The van der Waals surface area contributed by atoms with Crippen molar-refractivity contribution in [3.05, 3.63) is 29.8 Å². The number of ether oxygens (including phenoxy) is 1. The fourth-order valence-electron chi connectivity index (χ4n) is 2.16. The van der Waals surface area contributed by atoms with Gasteiger partial charge in [0.2, 0.25) is 0 Å². The highest BCUT2D eigenvalue weighted by molar-refractivity contribution is 7.99. The number of thioether (sulfide) groups is 1. The zero-order valence-electron chi connectivity index (χ0n) is 11.7. The van der Waals surface area contributed by atoms with Gasteiger partial charge < -0.3 is 10.1 Å². The molecule has 0 amide bonds.